The first-order chi connectivity index (χ1) is 14.3. The van der Waals surface area contributed by atoms with E-state index in [0.717, 1.165) is 37.9 Å². The van der Waals surface area contributed by atoms with E-state index in [-0.39, 0.29) is 17.3 Å². The number of amides is 1. The van der Waals surface area contributed by atoms with Crippen molar-refractivity contribution in [1.29, 1.82) is 0 Å². The van der Waals surface area contributed by atoms with Crippen LogP contribution >= 0.6 is 0 Å². The molecule has 1 heterocycles. The van der Waals surface area contributed by atoms with Gasteiger partial charge in [-0.05, 0) is 49.8 Å². The summed E-state index contributed by atoms with van der Waals surface area (Å²) in [5, 5.41) is 11.4. The molecule has 1 aromatic carbocycles. The number of likely N-dealkylation sites (N-methyl/N-ethyl adjacent to an activating group) is 1. The fraction of sp³-hybridized carbons (Fsp3) is 0.600. The standard InChI is InChI=1S/C20H33N5O4S/c1-25(2)19(26)15-24-20(22-12-5-7-17-6-3-4-13-29-17)23-14-16-8-10-18(11-9-16)30(21,27)28/h8-11,17H,3-7,12-15H2,1-2H3,(H2,21,27,28)(H2,22,23,24). The summed E-state index contributed by atoms with van der Waals surface area (Å²) in [6.45, 7) is 2.03. The quantitative estimate of drug-likeness (QED) is 0.297. The molecule has 4 N–H and O–H groups in total. The van der Waals surface area contributed by atoms with Gasteiger partial charge in [0.25, 0.3) is 0 Å². The number of ether oxygens (including phenoxy) is 1. The highest BCUT2D eigenvalue weighted by Crippen LogP contribution is 2.16. The predicted octanol–water partition coefficient (Wildman–Crippen LogP) is 0.807. The van der Waals surface area contributed by atoms with Gasteiger partial charge < -0.3 is 20.3 Å². The third kappa shape index (κ3) is 8.68. The molecule has 1 aliphatic rings. The number of benzene rings is 1. The second-order valence-corrected chi connectivity index (χ2v) is 9.11. The molecule has 1 aromatic rings. The number of nitrogens with zero attached hydrogens (tertiary/aromatic N) is 2. The molecular weight excluding hydrogens is 406 g/mol. The SMILES string of the molecule is CN(C)C(=O)CNC(=NCc1ccc(S(N)(=O)=O)cc1)NCCCC1CCCCO1. The molecule has 0 saturated carbocycles. The Morgan fingerprint density at radius 3 is 2.57 bits per heavy atom. The first kappa shape index (κ1) is 24.1. The van der Waals surface area contributed by atoms with Gasteiger partial charge in [-0.15, -0.1) is 0 Å². The van der Waals surface area contributed by atoms with Gasteiger partial charge in [0.15, 0.2) is 5.96 Å². The normalized spacial score (nSPS) is 17.4. The molecule has 1 saturated heterocycles. The van der Waals surface area contributed by atoms with E-state index < -0.39 is 10.0 Å². The molecule has 2 rings (SSSR count). The maximum atomic E-state index is 11.9. The first-order valence-corrected chi connectivity index (χ1v) is 11.8. The number of guanidine groups is 1. The highest BCUT2D eigenvalue weighted by Gasteiger charge is 2.13. The van der Waals surface area contributed by atoms with Crippen LogP contribution in [-0.4, -0.2) is 65.1 Å². The lowest BCUT2D eigenvalue weighted by atomic mass is 10.0. The van der Waals surface area contributed by atoms with Crippen LogP contribution in [0.1, 0.15) is 37.7 Å². The Morgan fingerprint density at radius 2 is 1.97 bits per heavy atom. The molecule has 0 radical (unpaired) electrons. The lowest BCUT2D eigenvalue weighted by Gasteiger charge is -2.22. The largest absolute Gasteiger partial charge is 0.378 e. The zero-order valence-electron chi connectivity index (χ0n) is 17.8. The average molecular weight is 440 g/mol. The minimum atomic E-state index is -3.71. The van der Waals surface area contributed by atoms with E-state index in [1.807, 2.05) is 0 Å². The van der Waals surface area contributed by atoms with Gasteiger partial charge in [-0.2, -0.15) is 0 Å². The second kappa shape index (κ2) is 11.9. The van der Waals surface area contributed by atoms with Crippen molar-refractivity contribution >= 4 is 21.9 Å². The number of rotatable bonds is 9. The van der Waals surface area contributed by atoms with E-state index in [9.17, 15) is 13.2 Å². The molecule has 168 valence electrons. The number of sulfonamides is 1. The molecule has 1 atom stereocenters. The summed E-state index contributed by atoms with van der Waals surface area (Å²) in [5.74, 6) is 0.475. The molecule has 1 aliphatic heterocycles. The minimum absolute atomic E-state index is 0.0578. The molecule has 0 bridgehead atoms. The summed E-state index contributed by atoms with van der Waals surface area (Å²) >= 11 is 0. The fourth-order valence-electron chi connectivity index (χ4n) is 3.02. The van der Waals surface area contributed by atoms with E-state index in [1.54, 1.807) is 26.2 Å². The van der Waals surface area contributed by atoms with Crippen LogP contribution in [-0.2, 0) is 26.1 Å². The number of primary sulfonamides is 1. The third-order valence-electron chi connectivity index (χ3n) is 4.85. The Morgan fingerprint density at radius 1 is 1.23 bits per heavy atom. The van der Waals surface area contributed by atoms with Gasteiger partial charge in [0.1, 0.15) is 0 Å². The summed E-state index contributed by atoms with van der Waals surface area (Å²) in [7, 11) is -0.315. The third-order valence-corrected chi connectivity index (χ3v) is 5.78. The van der Waals surface area contributed by atoms with Crippen LogP contribution in [0.15, 0.2) is 34.2 Å². The Kier molecular flexibility index (Phi) is 9.54. The molecule has 1 unspecified atom stereocenters. The molecule has 1 amide bonds. The van der Waals surface area contributed by atoms with E-state index in [1.165, 1.54) is 23.5 Å². The van der Waals surface area contributed by atoms with Crippen LogP contribution in [0.5, 0.6) is 0 Å². The van der Waals surface area contributed by atoms with Crippen molar-refractivity contribution in [2.24, 2.45) is 10.1 Å². The minimum Gasteiger partial charge on any atom is -0.378 e. The Balaban J connectivity index is 1.90. The van der Waals surface area contributed by atoms with Gasteiger partial charge >= 0.3 is 0 Å². The highest BCUT2D eigenvalue weighted by atomic mass is 32.2. The first-order valence-electron chi connectivity index (χ1n) is 10.2. The lowest BCUT2D eigenvalue weighted by molar-refractivity contribution is -0.127. The lowest BCUT2D eigenvalue weighted by Crippen LogP contribution is -2.43. The van der Waals surface area contributed by atoms with E-state index >= 15 is 0 Å². The van der Waals surface area contributed by atoms with Gasteiger partial charge in [-0.25, -0.2) is 18.5 Å². The zero-order valence-corrected chi connectivity index (χ0v) is 18.6. The van der Waals surface area contributed by atoms with Crippen molar-refractivity contribution in [3.63, 3.8) is 0 Å². The van der Waals surface area contributed by atoms with E-state index in [0.29, 0.717) is 25.2 Å². The van der Waals surface area contributed by atoms with Crippen LogP contribution in [0, 0.1) is 0 Å². The molecule has 9 nitrogen and oxygen atoms in total. The Labute approximate surface area is 179 Å². The van der Waals surface area contributed by atoms with Crippen LogP contribution in [0.3, 0.4) is 0 Å². The number of nitrogens with one attached hydrogen (secondary N) is 2. The number of hydrogen-bond acceptors (Lipinski definition) is 5. The highest BCUT2D eigenvalue weighted by molar-refractivity contribution is 7.89. The number of aliphatic imine (C=N–C) groups is 1. The smallest absolute Gasteiger partial charge is 0.241 e. The van der Waals surface area contributed by atoms with Crippen LogP contribution in [0.2, 0.25) is 0 Å². The Bertz CT molecular complexity index is 803. The van der Waals surface area contributed by atoms with Crippen LogP contribution in [0.25, 0.3) is 0 Å². The predicted molar refractivity (Wildman–Crippen MR) is 116 cm³/mol. The van der Waals surface area contributed by atoms with Crippen molar-refractivity contribution in [2.45, 2.75) is 49.6 Å². The summed E-state index contributed by atoms with van der Waals surface area (Å²) in [5.41, 5.74) is 0.832. The summed E-state index contributed by atoms with van der Waals surface area (Å²) in [4.78, 5) is 18.0. The number of hydrogen-bond donors (Lipinski definition) is 3. The van der Waals surface area contributed by atoms with Crippen molar-refractivity contribution < 1.29 is 17.9 Å². The topological polar surface area (TPSA) is 126 Å². The van der Waals surface area contributed by atoms with Crippen molar-refractivity contribution in [3.8, 4) is 0 Å². The van der Waals surface area contributed by atoms with Gasteiger partial charge in [0.05, 0.1) is 24.1 Å². The van der Waals surface area contributed by atoms with E-state index in [4.69, 9.17) is 9.88 Å². The van der Waals surface area contributed by atoms with Gasteiger partial charge in [0, 0.05) is 27.2 Å². The van der Waals surface area contributed by atoms with E-state index in [2.05, 4.69) is 15.6 Å². The zero-order chi connectivity index (χ0) is 22.0. The van der Waals surface area contributed by atoms with Crippen molar-refractivity contribution in [1.82, 2.24) is 15.5 Å². The maximum Gasteiger partial charge on any atom is 0.241 e. The molecule has 0 aliphatic carbocycles. The van der Waals surface area contributed by atoms with Gasteiger partial charge in [0.2, 0.25) is 15.9 Å². The van der Waals surface area contributed by atoms with Crippen LogP contribution < -0.4 is 15.8 Å². The maximum absolute atomic E-state index is 11.9. The molecule has 30 heavy (non-hydrogen) atoms. The monoisotopic (exact) mass is 439 g/mol. The van der Waals surface area contributed by atoms with Gasteiger partial charge in [-0.1, -0.05) is 12.1 Å². The summed E-state index contributed by atoms with van der Waals surface area (Å²) < 4.78 is 28.5. The molecule has 0 aromatic heterocycles. The van der Waals surface area contributed by atoms with Crippen LogP contribution in [0.4, 0.5) is 0 Å². The van der Waals surface area contributed by atoms with Gasteiger partial charge in [-0.3, -0.25) is 4.79 Å². The Hall–Kier alpha value is -2.17. The molecule has 1 fully saturated rings. The summed E-state index contributed by atoms with van der Waals surface area (Å²) in [6.07, 6.45) is 5.76. The second-order valence-electron chi connectivity index (χ2n) is 7.55. The van der Waals surface area contributed by atoms with Crippen molar-refractivity contribution in [2.75, 3.05) is 33.8 Å². The van der Waals surface area contributed by atoms with Crippen molar-refractivity contribution in [3.05, 3.63) is 29.8 Å². The number of carbonyl (C=O) groups excluding carboxylic acids is 1. The summed E-state index contributed by atoms with van der Waals surface area (Å²) in [6, 6.07) is 6.26. The molecular formula is C20H33N5O4S. The molecule has 0 spiro atoms. The number of nitrogens with two attached hydrogens (primary N) is 1. The fourth-order valence-corrected chi connectivity index (χ4v) is 3.53. The average Bonchev–Trinajstić information content (AvgIpc) is 2.72. The number of carbonyl (C=O) groups is 1. The molecule has 10 heteroatoms.